The largest absolute Gasteiger partial charge is 0.343 e. The van der Waals surface area contributed by atoms with Crippen LogP contribution in [0.25, 0.3) is 0 Å². The van der Waals surface area contributed by atoms with Gasteiger partial charge in [-0.15, -0.1) is 10.2 Å². The first-order valence-corrected chi connectivity index (χ1v) is 9.87. The minimum Gasteiger partial charge on any atom is -0.343 e. The van der Waals surface area contributed by atoms with Crippen LogP contribution in [-0.2, 0) is 6.42 Å². The van der Waals surface area contributed by atoms with Crippen LogP contribution >= 0.6 is 11.3 Å². The summed E-state index contributed by atoms with van der Waals surface area (Å²) in [5, 5.41) is 9.99. The highest BCUT2D eigenvalue weighted by Gasteiger charge is 2.25. The number of benzene rings is 2. The van der Waals surface area contributed by atoms with E-state index in [1.165, 1.54) is 29.5 Å². The van der Waals surface area contributed by atoms with Crippen molar-refractivity contribution in [3.63, 3.8) is 0 Å². The molecule has 0 atom stereocenters. The van der Waals surface area contributed by atoms with Crippen molar-refractivity contribution in [1.29, 1.82) is 0 Å². The zero-order valence-corrected chi connectivity index (χ0v) is 16.1. The van der Waals surface area contributed by atoms with Gasteiger partial charge in [0.05, 0.1) is 5.56 Å². The molecule has 0 aliphatic carbocycles. The fourth-order valence-corrected chi connectivity index (χ4v) is 4.08. The monoisotopic (exact) mass is 418 g/mol. The van der Waals surface area contributed by atoms with E-state index in [1.807, 2.05) is 4.90 Å². The van der Waals surface area contributed by atoms with Gasteiger partial charge in [0.25, 0.3) is 5.91 Å². The van der Waals surface area contributed by atoms with E-state index < -0.39 is 17.5 Å². The van der Waals surface area contributed by atoms with Crippen molar-refractivity contribution in [2.45, 2.75) is 6.42 Å². The number of carbonyl (C=O) groups excluding carboxylic acids is 1. The lowest BCUT2D eigenvalue weighted by molar-refractivity contribution is 0.0742. The Kier molecular flexibility index (Phi) is 5.48. The second-order valence-electron chi connectivity index (χ2n) is 6.69. The van der Waals surface area contributed by atoms with Gasteiger partial charge in [0.2, 0.25) is 5.13 Å². The molecule has 1 amide bonds. The number of hydrogen-bond acceptors (Lipinski definition) is 5. The third-order valence-corrected chi connectivity index (χ3v) is 5.71. The van der Waals surface area contributed by atoms with Crippen LogP contribution in [0.4, 0.5) is 18.3 Å². The summed E-state index contributed by atoms with van der Waals surface area (Å²) < 4.78 is 39.9. The molecule has 9 heteroatoms. The summed E-state index contributed by atoms with van der Waals surface area (Å²) in [5.74, 6) is -2.29. The summed E-state index contributed by atoms with van der Waals surface area (Å²) in [6, 6.07) is 9.23. The van der Waals surface area contributed by atoms with Gasteiger partial charge in [-0.05, 0) is 29.8 Å². The van der Waals surface area contributed by atoms with Crippen LogP contribution in [0.3, 0.4) is 0 Å². The molecule has 1 aromatic heterocycles. The summed E-state index contributed by atoms with van der Waals surface area (Å²) >= 11 is 1.45. The van der Waals surface area contributed by atoms with Crippen LogP contribution in [0.2, 0.25) is 0 Å². The Morgan fingerprint density at radius 3 is 2.31 bits per heavy atom. The maximum atomic E-state index is 13.9. The average Bonchev–Trinajstić information content (AvgIpc) is 3.18. The molecule has 2 heterocycles. The molecule has 1 saturated heterocycles. The molecule has 5 nitrogen and oxygen atoms in total. The van der Waals surface area contributed by atoms with Crippen LogP contribution in [-0.4, -0.2) is 47.2 Å². The number of piperazine rings is 1. The number of hydrogen-bond donors (Lipinski definition) is 0. The van der Waals surface area contributed by atoms with Crippen molar-refractivity contribution >= 4 is 22.4 Å². The number of carbonyl (C=O) groups is 1. The third-order valence-electron chi connectivity index (χ3n) is 4.72. The van der Waals surface area contributed by atoms with E-state index in [0.29, 0.717) is 38.7 Å². The molecule has 4 rings (SSSR count). The number of rotatable bonds is 4. The normalized spacial score (nSPS) is 14.3. The molecule has 0 unspecified atom stereocenters. The van der Waals surface area contributed by atoms with Crippen LogP contribution in [0.1, 0.15) is 20.9 Å². The molecular formula is C20H17F3N4OS. The molecule has 150 valence electrons. The molecule has 1 aliphatic rings. The smallest absolute Gasteiger partial charge is 0.256 e. The summed E-state index contributed by atoms with van der Waals surface area (Å²) in [5.41, 5.74) is 0.822. The Hall–Kier alpha value is -2.94. The topological polar surface area (TPSA) is 49.3 Å². The standard InChI is InChI=1S/C20H17F3N4OS/c21-14-3-1-13(2-4-14)11-18-24-25-20(29-18)27-9-7-26(8-10-27)19(28)16-6-5-15(22)12-17(16)23/h1-6,12H,7-11H2. The first kappa shape index (κ1) is 19.4. The van der Waals surface area contributed by atoms with Gasteiger partial charge in [0, 0.05) is 38.7 Å². The fourth-order valence-electron chi connectivity index (χ4n) is 3.15. The first-order valence-electron chi connectivity index (χ1n) is 9.06. The van der Waals surface area contributed by atoms with E-state index in [2.05, 4.69) is 10.2 Å². The molecule has 1 aliphatic heterocycles. The number of amides is 1. The Balaban J connectivity index is 1.36. The summed E-state index contributed by atoms with van der Waals surface area (Å²) in [6.45, 7) is 1.89. The minimum absolute atomic E-state index is 0.127. The van der Waals surface area contributed by atoms with Crippen molar-refractivity contribution in [1.82, 2.24) is 15.1 Å². The third kappa shape index (κ3) is 4.40. The second kappa shape index (κ2) is 8.20. The molecule has 2 aromatic carbocycles. The van der Waals surface area contributed by atoms with Crippen LogP contribution in [0, 0.1) is 17.5 Å². The molecule has 29 heavy (non-hydrogen) atoms. The Morgan fingerprint density at radius 1 is 0.931 bits per heavy atom. The maximum Gasteiger partial charge on any atom is 0.256 e. The molecule has 0 radical (unpaired) electrons. The predicted molar refractivity (Wildman–Crippen MR) is 104 cm³/mol. The number of anilines is 1. The van der Waals surface area contributed by atoms with Gasteiger partial charge in [-0.3, -0.25) is 4.79 Å². The maximum absolute atomic E-state index is 13.9. The lowest BCUT2D eigenvalue weighted by Gasteiger charge is -2.34. The predicted octanol–water partition coefficient (Wildman–Crippen LogP) is 3.51. The van der Waals surface area contributed by atoms with Crippen molar-refractivity contribution in [2.75, 3.05) is 31.1 Å². The van der Waals surface area contributed by atoms with Crippen LogP contribution in [0.15, 0.2) is 42.5 Å². The van der Waals surface area contributed by atoms with Gasteiger partial charge >= 0.3 is 0 Å². The molecule has 0 bridgehead atoms. The molecule has 0 spiro atoms. The SMILES string of the molecule is O=C(c1ccc(F)cc1F)N1CCN(c2nnc(Cc3ccc(F)cc3)s2)CC1. The molecule has 0 saturated carbocycles. The van der Waals surface area contributed by atoms with Crippen molar-refractivity contribution in [2.24, 2.45) is 0 Å². The van der Waals surface area contributed by atoms with E-state index in [9.17, 15) is 18.0 Å². The van der Waals surface area contributed by atoms with E-state index in [0.717, 1.165) is 21.8 Å². The fraction of sp³-hybridized carbons (Fsp3) is 0.250. The zero-order chi connectivity index (χ0) is 20.4. The van der Waals surface area contributed by atoms with Crippen molar-refractivity contribution in [3.05, 3.63) is 76.1 Å². The highest BCUT2D eigenvalue weighted by atomic mass is 32.1. The van der Waals surface area contributed by atoms with Crippen LogP contribution < -0.4 is 4.90 Å². The molecule has 3 aromatic rings. The average molecular weight is 418 g/mol. The quantitative estimate of drug-likeness (QED) is 0.651. The van der Waals surface area contributed by atoms with Gasteiger partial charge in [-0.25, -0.2) is 13.2 Å². The van der Waals surface area contributed by atoms with E-state index in [-0.39, 0.29) is 11.4 Å². The lowest BCUT2D eigenvalue weighted by atomic mass is 10.1. The molecule has 0 N–H and O–H groups in total. The van der Waals surface area contributed by atoms with E-state index >= 15 is 0 Å². The van der Waals surface area contributed by atoms with E-state index in [4.69, 9.17) is 0 Å². The minimum atomic E-state index is -0.855. The van der Waals surface area contributed by atoms with Gasteiger partial charge in [0.15, 0.2) is 0 Å². The van der Waals surface area contributed by atoms with Gasteiger partial charge in [0.1, 0.15) is 22.5 Å². The zero-order valence-electron chi connectivity index (χ0n) is 15.3. The van der Waals surface area contributed by atoms with Gasteiger partial charge in [-0.2, -0.15) is 0 Å². The van der Waals surface area contributed by atoms with Crippen LogP contribution in [0.5, 0.6) is 0 Å². The number of aromatic nitrogens is 2. The van der Waals surface area contributed by atoms with Crippen molar-refractivity contribution in [3.8, 4) is 0 Å². The van der Waals surface area contributed by atoms with Gasteiger partial charge in [-0.1, -0.05) is 23.5 Å². The summed E-state index contributed by atoms with van der Waals surface area (Å²) in [7, 11) is 0. The Labute approximate surface area is 169 Å². The molecular weight excluding hydrogens is 401 g/mol. The second-order valence-corrected chi connectivity index (χ2v) is 7.73. The Bertz CT molecular complexity index is 1020. The van der Waals surface area contributed by atoms with Crippen molar-refractivity contribution < 1.29 is 18.0 Å². The van der Waals surface area contributed by atoms with Gasteiger partial charge < -0.3 is 9.80 Å². The number of halogens is 3. The number of nitrogens with zero attached hydrogens (tertiary/aromatic N) is 4. The Morgan fingerprint density at radius 2 is 1.62 bits per heavy atom. The highest BCUT2D eigenvalue weighted by Crippen LogP contribution is 2.24. The first-order chi connectivity index (χ1) is 14.0. The lowest BCUT2D eigenvalue weighted by Crippen LogP contribution is -2.49. The summed E-state index contributed by atoms with van der Waals surface area (Å²) in [4.78, 5) is 16.1. The summed E-state index contributed by atoms with van der Waals surface area (Å²) in [6.07, 6.45) is 0.570. The van der Waals surface area contributed by atoms with E-state index in [1.54, 1.807) is 17.0 Å². The molecule has 1 fully saturated rings. The highest BCUT2D eigenvalue weighted by molar-refractivity contribution is 7.15.